The molecule has 0 saturated heterocycles. The van der Waals surface area contributed by atoms with Crippen LogP contribution in [0.25, 0.3) is 0 Å². The first-order valence-electron chi connectivity index (χ1n) is 6.36. The zero-order chi connectivity index (χ0) is 13.9. The van der Waals surface area contributed by atoms with E-state index in [-0.39, 0.29) is 5.56 Å². The molecule has 3 nitrogen and oxygen atoms in total. The highest BCUT2D eigenvalue weighted by Gasteiger charge is 2.18. The van der Waals surface area contributed by atoms with Crippen LogP contribution in [0.1, 0.15) is 27.9 Å². The molecule has 0 radical (unpaired) electrons. The van der Waals surface area contributed by atoms with Gasteiger partial charge in [-0.15, -0.1) is 0 Å². The Morgan fingerprint density at radius 1 is 1.10 bits per heavy atom. The second-order valence-corrected chi connectivity index (χ2v) is 4.58. The molecule has 0 amide bonds. The van der Waals surface area contributed by atoms with Gasteiger partial charge < -0.3 is 4.84 Å². The number of halogens is 1. The first-order valence-corrected chi connectivity index (χ1v) is 6.36. The van der Waals surface area contributed by atoms with E-state index in [1.165, 1.54) is 23.8 Å². The van der Waals surface area contributed by atoms with Gasteiger partial charge in [-0.2, -0.15) is 0 Å². The van der Waals surface area contributed by atoms with Gasteiger partial charge in [0.25, 0.3) is 0 Å². The molecule has 3 rings (SSSR count). The first-order chi connectivity index (χ1) is 9.74. The molecule has 0 N–H and O–H groups in total. The van der Waals surface area contributed by atoms with E-state index < -0.39 is 11.8 Å². The smallest absolute Gasteiger partial charge is 0.313 e. The second kappa shape index (κ2) is 5.25. The van der Waals surface area contributed by atoms with Crippen molar-refractivity contribution in [3.05, 3.63) is 71.0 Å². The molecule has 0 bridgehead atoms. The molecule has 100 valence electrons. The van der Waals surface area contributed by atoms with Gasteiger partial charge in [-0.1, -0.05) is 35.5 Å². The lowest BCUT2D eigenvalue weighted by molar-refractivity contribution is 0.0515. The maximum Gasteiger partial charge on any atom is 0.365 e. The monoisotopic (exact) mass is 269 g/mol. The van der Waals surface area contributed by atoms with Crippen LogP contribution in [-0.4, -0.2) is 11.7 Å². The number of hydrogen-bond donors (Lipinski definition) is 0. The Morgan fingerprint density at radius 3 is 2.80 bits per heavy atom. The summed E-state index contributed by atoms with van der Waals surface area (Å²) in [5.74, 6) is -1.13. The van der Waals surface area contributed by atoms with Gasteiger partial charge in [0.2, 0.25) is 0 Å². The fourth-order valence-electron chi connectivity index (χ4n) is 2.27. The molecule has 0 aromatic heterocycles. The highest BCUT2D eigenvalue weighted by Crippen LogP contribution is 2.22. The number of rotatable bonds is 2. The molecule has 2 aromatic rings. The van der Waals surface area contributed by atoms with Crippen LogP contribution in [0, 0.1) is 5.82 Å². The summed E-state index contributed by atoms with van der Waals surface area (Å²) in [7, 11) is 0. The van der Waals surface area contributed by atoms with Crippen LogP contribution in [0.3, 0.4) is 0 Å². The van der Waals surface area contributed by atoms with Gasteiger partial charge in [0.1, 0.15) is 5.82 Å². The van der Waals surface area contributed by atoms with E-state index in [2.05, 4.69) is 5.16 Å². The van der Waals surface area contributed by atoms with Gasteiger partial charge in [0.05, 0.1) is 11.3 Å². The van der Waals surface area contributed by atoms with E-state index in [0.717, 1.165) is 30.2 Å². The lowest BCUT2D eigenvalue weighted by Crippen LogP contribution is -2.04. The molecular formula is C16H12FNO2. The molecule has 0 heterocycles. The number of oxime groups is 1. The minimum Gasteiger partial charge on any atom is -0.313 e. The van der Waals surface area contributed by atoms with Crippen molar-refractivity contribution < 1.29 is 14.0 Å². The predicted molar refractivity (Wildman–Crippen MR) is 73.1 cm³/mol. The van der Waals surface area contributed by atoms with Crippen molar-refractivity contribution in [2.45, 2.75) is 12.8 Å². The van der Waals surface area contributed by atoms with Crippen molar-refractivity contribution >= 4 is 11.7 Å². The van der Waals surface area contributed by atoms with Crippen LogP contribution in [0.4, 0.5) is 4.39 Å². The molecule has 0 aliphatic heterocycles. The number of benzene rings is 2. The summed E-state index contributed by atoms with van der Waals surface area (Å²) in [6.07, 6.45) is 1.64. The molecule has 0 fully saturated rings. The number of fused-ring (bicyclic) bond motifs is 1. The van der Waals surface area contributed by atoms with Gasteiger partial charge in [0, 0.05) is 5.56 Å². The fraction of sp³-hybridized carbons (Fsp3) is 0.125. The summed E-state index contributed by atoms with van der Waals surface area (Å²) in [6, 6.07) is 13.2. The van der Waals surface area contributed by atoms with E-state index >= 15 is 0 Å². The van der Waals surface area contributed by atoms with E-state index in [9.17, 15) is 9.18 Å². The van der Waals surface area contributed by atoms with E-state index in [0.29, 0.717) is 0 Å². The number of aryl methyl sites for hydroxylation is 1. The van der Waals surface area contributed by atoms with Crippen molar-refractivity contribution in [3.8, 4) is 0 Å². The van der Waals surface area contributed by atoms with Gasteiger partial charge in [-0.05, 0) is 36.6 Å². The topological polar surface area (TPSA) is 38.7 Å². The van der Waals surface area contributed by atoms with Gasteiger partial charge in [-0.3, -0.25) is 0 Å². The maximum atomic E-state index is 13.0. The Balaban J connectivity index is 1.77. The number of carbonyl (C=O) groups is 1. The molecule has 20 heavy (non-hydrogen) atoms. The van der Waals surface area contributed by atoms with Crippen molar-refractivity contribution in [1.82, 2.24) is 0 Å². The van der Waals surface area contributed by atoms with E-state index in [1.807, 2.05) is 24.3 Å². The van der Waals surface area contributed by atoms with Crippen molar-refractivity contribution in [2.24, 2.45) is 5.16 Å². The highest BCUT2D eigenvalue weighted by atomic mass is 19.1. The minimum absolute atomic E-state index is 0.153. The van der Waals surface area contributed by atoms with Crippen LogP contribution in [0.2, 0.25) is 0 Å². The standard InChI is InChI=1S/C16H12FNO2/c17-13-6-3-5-12(10-13)16(19)20-18-15-9-8-11-4-1-2-7-14(11)15/h1-7,10H,8-9H2/b18-15+. The average molecular weight is 269 g/mol. The zero-order valence-electron chi connectivity index (χ0n) is 10.7. The van der Waals surface area contributed by atoms with Gasteiger partial charge in [-0.25, -0.2) is 9.18 Å². The largest absolute Gasteiger partial charge is 0.365 e. The van der Waals surface area contributed by atoms with Crippen LogP contribution in [-0.2, 0) is 11.3 Å². The normalized spacial score (nSPS) is 15.2. The minimum atomic E-state index is -0.651. The average Bonchev–Trinajstić information content (AvgIpc) is 2.88. The summed E-state index contributed by atoms with van der Waals surface area (Å²) >= 11 is 0. The highest BCUT2D eigenvalue weighted by molar-refractivity contribution is 6.04. The van der Waals surface area contributed by atoms with E-state index in [1.54, 1.807) is 0 Å². The molecule has 0 spiro atoms. The Bertz CT molecular complexity index is 694. The van der Waals surface area contributed by atoms with Crippen molar-refractivity contribution in [2.75, 3.05) is 0 Å². The molecule has 1 aliphatic rings. The Kier molecular flexibility index (Phi) is 3.29. The molecule has 2 aromatic carbocycles. The number of nitrogens with zero attached hydrogens (tertiary/aromatic N) is 1. The first kappa shape index (κ1) is 12.5. The third kappa shape index (κ3) is 2.45. The maximum absolute atomic E-state index is 13.0. The van der Waals surface area contributed by atoms with Crippen LogP contribution in [0.5, 0.6) is 0 Å². The second-order valence-electron chi connectivity index (χ2n) is 4.58. The number of carbonyl (C=O) groups excluding carboxylic acids is 1. The van der Waals surface area contributed by atoms with E-state index in [4.69, 9.17) is 4.84 Å². The SMILES string of the molecule is O=C(O/N=C1\CCc2ccccc21)c1cccc(F)c1. The molecule has 0 atom stereocenters. The summed E-state index contributed by atoms with van der Waals surface area (Å²) in [5.41, 5.74) is 3.12. The molecule has 1 aliphatic carbocycles. The lowest BCUT2D eigenvalue weighted by Gasteiger charge is -2.01. The lowest BCUT2D eigenvalue weighted by atomic mass is 10.1. The fourth-order valence-corrected chi connectivity index (χ4v) is 2.27. The van der Waals surface area contributed by atoms with Crippen LogP contribution < -0.4 is 0 Å². The zero-order valence-corrected chi connectivity index (χ0v) is 10.7. The molecule has 0 unspecified atom stereocenters. The summed E-state index contributed by atoms with van der Waals surface area (Å²) in [6.45, 7) is 0. The Hall–Kier alpha value is -2.49. The van der Waals surface area contributed by atoms with Crippen LogP contribution in [0.15, 0.2) is 53.7 Å². The Morgan fingerprint density at radius 2 is 1.95 bits per heavy atom. The third-order valence-electron chi connectivity index (χ3n) is 3.26. The molecule has 4 heteroatoms. The summed E-state index contributed by atoms with van der Waals surface area (Å²) in [5, 5.41) is 3.92. The Labute approximate surface area is 115 Å². The van der Waals surface area contributed by atoms with Crippen molar-refractivity contribution in [3.63, 3.8) is 0 Å². The number of hydrogen-bond acceptors (Lipinski definition) is 3. The summed E-state index contributed by atoms with van der Waals surface area (Å²) in [4.78, 5) is 16.7. The van der Waals surface area contributed by atoms with Gasteiger partial charge >= 0.3 is 5.97 Å². The summed E-state index contributed by atoms with van der Waals surface area (Å²) < 4.78 is 13.0. The van der Waals surface area contributed by atoms with Crippen molar-refractivity contribution in [1.29, 1.82) is 0 Å². The predicted octanol–water partition coefficient (Wildman–Crippen LogP) is 3.33. The quantitative estimate of drug-likeness (QED) is 0.619. The molecular weight excluding hydrogens is 257 g/mol. The van der Waals surface area contributed by atoms with Crippen LogP contribution >= 0.6 is 0 Å². The molecule has 0 saturated carbocycles. The van der Waals surface area contributed by atoms with Gasteiger partial charge in [0.15, 0.2) is 0 Å². The third-order valence-corrected chi connectivity index (χ3v) is 3.26.